The largest absolute Gasteiger partial charge is 0.496 e. The van der Waals surface area contributed by atoms with Crippen molar-refractivity contribution in [2.45, 2.75) is 57.5 Å². The first kappa shape index (κ1) is 24.0. The molecule has 0 spiro atoms. The number of rotatable bonds is 7. The zero-order valence-corrected chi connectivity index (χ0v) is 21.4. The van der Waals surface area contributed by atoms with E-state index >= 15 is 0 Å². The highest BCUT2D eigenvalue weighted by Crippen LogP contribution is 2.46. The third kappa shape index (κ3) is 5.22. The van der Waals surface area contributed by atoms with Crippen molar-refractivity contribution < 1.29 is 14.3 Å². The number of methoxy groups -OCH3 is 1. The summed E-state index contributed by atoms with van der Waals surface area (Å²) in [5.41, 5.74) is 5.39. The molecule has 37 heavy (non-hydrogen) atoms. The molecule has 2 aliphatic heterocycles. The predicted molar refractivity (Wildman–Crippen MR) is 142 cm³/mol. The molecule has 2 aromatic carbocycles. The number of H-pyrrole nitrogens is 1. The minimum atomic E-state index is 0.00723. The Labute approximate surface area is 218 Å². The number of benzene rings is 2. The number of hydrogen-bond acceptors (Lipinski definition) is 6. The summed E-state index contributed by atoms with van der Waals surface area (Å²) < 4.78 is 11.8. The number of para-hydroxylation sites is 1. The lowest BCUT2D eigenvalue weighted by Gasteiger charge is -2.25. The molecule has 3 aliphatic rings. The molecule has 1 aliphatic carbocycles. The van der Waals surface area contributed by atoms with E-state index in [0.29, 0.717) is 0 Å². The lowest BCUT2D eigenvalue weighted by molar-refractivity contribution is -0.120. The molecule has 2 fully saturated rings. The van der Waals surface area contributed by atoms with E-state index in [1.807, 2.05) is 30.5 Å². The number of carbonyl (C=O) groups is 1. The Balaban J connectivity index is 1.23. The quantitative estimate of drug-likeness (QED) is 0.450. The highest BCUT2D eigenvalue weighted by molar-refractivity contribution is 5.93. The van der Waals surface area contributed by atoms with Gasteiger partial charge in [0.1, 0.15) is 18.1 Å². The van der Waals surface area contributed by atoms with Gasteiger partial charge >= 0.3 is 0 Å². The van der Waals surface area contributed by atoms with E-state index in [-0.39, 0.29) is 24.2 Å². The monoisotopic (exact) mass is 501 g/mol. The summed E-state index contributed by atoms with van der Waals surface area (Å²) in [5.74, 6) is 1.15. The van der Waals surface area contributed by atoms with Gasteiger partial charge in [0.2, 0.25) is 5.91 Å². The minimum absolute atomic E-state index is 0.00723. The maximum atomic E-state index is 12.9. The van der Waals surface area contributed by atoms with Crippen molar-refractivity contribution in [1.29, 1.82) is 0 Å². The zero-order chi connectivity index (χ0) is 25.2. The van der Waals surface area contributed by atoms with Gasteiger partial charge in [0, 0.05) is 48.7 Å². The number of ether oxygens (including phenoxy) is 2. The standard InChI is InChI=1S/C29H35N5O3/c1-36-26-10-6-5-9-24(26)27-29(37-27)34-14-13-33(18-23-16-30-19-31-23)25-15-22(12-11-21(25)17-34)32-28(35)20-7-3-2-4-8-20/h5-6,9-12,15-16,19-20,27,29H,2-4,7-8,13-14,17-18H2,1H3,(H,30,31)(H,32,35). The summed E-state index contributed by atoms with van der Waals surface area (Å²) >= 11 is 0. The fourth-order valence-corrected chi connectivity index (χ4v) is 5.82. The summed E-state index contributed by atoms with van der Waals surface area (Å²) in [6.07, 6.45) is 9.14. The van der Waals surface area contributed by atoms with Crippen LogP contribution in [0, 0.1) is 5.92 Å². The number of epoxide rings is 1. The van der Waals surface area contributed by atoms with E-state index < -0.39 is 0 Å². The van der Waals surface area contributed by atoms with Gasteiger partial charge < -0.3 is 24.7 Å². The molecule has 8 nitrogen and oxygen atoms in total. The van der Waals surface area contributed by atoms with Gasteiger partial charge in [-0.1, -0.05) is 43.5 Å². The lowest BCUT2D eigenvalue weighted by atomic mass is 9.88. The SMILES string of the molecule is COc1ccccc1C1OC1N1CCN(Cc2cnc[nH]2)c2cc(NC(=O)C3CCCCC3)ccc2C1. The zero-order valence-electron chi connectivity index (χ0n) is 21.4. The molecule has 194 valence electrons. The average Bonchev–Trinajstić information content (AvgIpc) is 3.60. The van der Waals surface area contributed by atoms with Crippen molar-refractivity contribution in [3.63, 3.8) is 0 Å². The fourth-order valence-electron chi connectivity index (χ4n) is 5.82. The molecule has 0 bridgehead atoms. The molecule has 3 aromatic rings. The van der Waals surface area contributed by atoms with E-state index in [9.17, 15) is 4.79 Å². The lowest BCUT2D eigenvalue weighted by Crippen LogP contribution is -2.33. The minimum Gasteiger partial charge on any atom is -0.496 e. The van der Waals surface area contributed by atoms with Crippen molar-refractivity contribution in [3.8, 4) is 5.75 Å². The number of imidazole rings is 1. The van der Waals surface area contributed by atoms with Gasteiger partial charge in [-0.15, -0.1) is 0 Å². The first-order valence-electron chi connectivity index (χ1n) is 13.4. The molecular formula is C29H35N5O3. The normalized spacial score (nSPS) is 22.2. The van der Waals surface area contributed by atoms with Crippen LogP contribution >= 0.6 is 0 Å². The topological polar surface area (TPSA) is 86.0 Å². The van der Waals surface area contributed by atoms with E-state index in [0.717, 1.165) is 80.2 Å². The van der Waals surface area contributed by atoms with Crippen LogP contribution in [0.1, 0.15) is 55.0 Å². The van der Waals surface area contributed by atoms with Gasteiger partial charge in [0.15, 0.2) is 0 Å². The van der Waals surface area contributed by atoms with Crippen molar-refractivity contribution in [3.05, 3.63) is 71.8 Å². The van der Waals surface area contributed by atoms with Crippen LogP contribution in [0.5, 0.6) is 5.75 Å². The molecule has 1 saturated heterocycles. The van der Waals surface area contributed by atoms with Crippen LogP contribution in [0.15, 0.2) is 55.0 Å². The van der Waals surface area contributed by atoms with Gasteiger partial charge in [-0.05, 0) is 36.6 Å². The smallest absolute Gasteiger partial charge is 0.227 e. The molecule has 6 rings (SSSR count). The molecule has 2 atom stereocenters. The Hall–Kier alpha value is -3.36. The number of nitrogens with zero attached hydrogens (tertiary/aromatic N) is 3. The Morgan fingerprint density at radius 2 is 2.03 bits per heavy atom. The van der Waals surface area contributed by atoms with E-state index in [1.54, 1.807) is 13.4 Å². The molecule has 8 heteroatoms. The molecule has 1 aromatic heterocycles. The predicted octanol–water partition coefficient (Wildman–Crippen LogP) is 4.86. The van der Waals surface area contributed by atoms with E-state index in [1.165, 1.54) is 12.0 Å². The van der Waals surface area contributed by atoms with Gasteiger partial charge in [-0.2, -0.15) is 0 Å². The van der Waals surface area contributed by atoms with Gasteiger partial charge in [0.25, 0.3) is 0 Å². The number of aromatic nitrogens is 2. The van der Waals surface area contributed by atoms with Crippen molar-refractivity contribution in [1.82, 2.24) is 14.9 Å². The summed E-state index contributed by atoms with van der Waals surface area (Å²) in [7, 11) is 1.70. The average molecular weight is 502 g/mol. The Kier molecular flexibility index (Phi) is 6.85. The molecule has 2 unspecified atom stereocenters. The van der Waals surface area contributed by atoms with Crippen molar-refractivity contribution in [2.75, 3.05) is 30.4 Å². The first-order valence-corrected chi connectivity index (χ1v) is 13.4. The number of amides is 1. The van der Waals surface area contributed by atoms with Crippen LogP contribution < -0.4 is 15.0 Å². The Morgan fingerprint density at radius 3 is 2.84 bits per heavy atom. The van der Waals surface area contributed by atoms with Crippen molar-refractivity contribution >= 4 is 17.3 Å². The maximum absolute atomic E-state index is 12.9. The number of aromatic amines is 1. The third-order valence-corrected chi connectivity index (χ3v) is 7.89. The van der Waals surface area contributed by atoms with E-state index in [2.05, 4.69) is 43.3 Å². The van der Waals surface area contributed by atoms with E-state index in [4.69, 9.17) is 9.47 Å². The van der Waals surface area contributed by atoms with Crippen LogP contribution in [-0.4, -0.2) is 47.2 Å². The molecule has 1 amide bonds. The summed E-state index contributed by atoms with van der Waals surface area (Å²) in [6, 6.07) is 14.4. The number of nitrogens with one attached hydrogen (secondary N) is 2. The second-order valence-corrected chi connectivity index (χ2v) is 10.3. The van der Waals surface area contributed by atoms with Gasteiger partial charge in [-0.25, -0.2) is 4.98 Å². The van der Waals surface area contributed by atoms with Gasteiger partial charge in [0.05, 0.1) is 25.7 Å². The second-order valence-electron chi connectivity index (χ2n) is 10.3. The molecule has 1 saturated carbocycles. The highest BCUT2D eigenvalue weighted by atomic mass is 16.6. The van der Waals surface area contributed by atoms with Gasteiger partial charge in [-0.3, -0.25) is 9.69 Å². The third-order valence-electron chi connectivity index (χ3n) is 7.89. The Bertz CT molecular complexity index is 1220. The number of hydrogen-bond donors (Lipinski definition) is 2. The summed E-state index contributed by atoms with van der Waals surface area (Å²) in [4.78, 5) is 25.2. The maximum Gasteiger partial charge on any atom is 0.227 e. The Morgan fingerprint density at radius 1 is 1.16 bits per heavy atom. The van der Waals surface area contributed by atoms with Crippen LogP contribution in [0.25, 0.3) is 0 Å². The number of carbonyl (C=O) groups excluding carboxylic acids is 1. The highest BCUT2D eigenvalue weighted by Gasteiger charge is 2.46. The van der Waals surface area contributed by atoms with Crippen molar-refractivity contribution in [2.24, 2.45) is 5.92 Å². The van der Waals surface area contributed by atoms with Crippen LogP contribution in [-0.2, 0) is 22.6 Å². The molecular weight excluding hydrogens is 466 g/mol. The first-order chi connectivity index (χ1) is 18.2. The fraction of sp³-hybridized carbons (Fsp3) is 0.448. The van der Waals surface area contributed by atoms with Crippen LogP contribution in [0.3, 0.4) is 0 Å². The second kappa shape index (κ2) is 10.6. The summed E-state index contributed by atoms with van der Waals surface area (Å²) in [5, 5.41) is 3.21. The van der Waals surface area contributed by atoms with Crippen LogP contribution in [0.2, 0.25) is 0 Å². The summed E-state index contributed by atoms with van der Waals surface area (Å²) in [6.45, 7) is 3.21. The molecule has 0 radical (unpaired) electrons. The number of anilines is 2. The number of fused-ring (bicyclic) bond motifs is 1. The van der Waals surface area contributed by atoms with Crippen LogP contribution in [0.4, 0.5) is 11.4 Å². The molecule has 3 heterocycles. The molecule has 2 N–H and O–H groups in total.